The molecule has 1 unspecified atom stereocenters. The highest BCUT2D eigenvalue weighted by atomic mass is 19.4. The normalized spacial score (nSPS) is 13.1. The number of methoxy groups -OCH3 is 1. The molecule has 0 aliphatic heterocycles. The number of aliphatic hydroxyl groups excluding tert-OH is 1. The Morgan fingerprint density at radius 2 is 2.16 bits per heavy atom. The lowest BCUT2D eigenvalue weighted by molar-refractivity contribution is -0.201. The Morgan fingerprint density at radius 3 is 2.74 bits per heavy atom. The van der Waals surface area contributed by atoms with E-state index in [1.807, 2.05) is 5.32 Å². The highest BCUT2D eigenvalue weighted by Crippen LogP contribution is 2.19. The molecule has 0 aliphatic rings. The van der Waals surface area contributed by atoms with Crippen LogP contribution in [-0.2, 0) is 11.3 Å². The van der Waals surface area contributed by atoms with Crippen molar-refractivity contribution in [2.24, 2.45) is 0 Å². The average molecular weight is 277 g/mol. The van der Waals surface area contributed by atoms with E-state index < -0.39 is 24.7 Å². The van der Waals surface area contributed by atoms with Gasteiger partial charge in [0.2, 0.25) is 0 Å². The number of halogens is 3. The summed E-state index contributed by atoms with van der Waals surface area (Å²) in [6, 6.07) is 6.31. The summed E-state index contributed by atoms with van der Waals surface area (Å²) < 4.78 is 41.0. The average Bonchev–Trinajstić information content (AvgIpc) is 2.35. The molecule has 0 radical (unpaired) electrons. The number of ether oxygens (including phenoxy) is 1. The summed E-state index contributed by atoms with van der Waals surface area (Å²) in [6.07, 6.45) is -7.32. The number of hydrogen-bond acceptors (Lipinski definition) is 3. The molecule has 0 aliphatic carbocycles. The van der Waals surface area contributed by atoms with Gasteiger partial charge in [-0.3, -0.25) is 4.79 Å². The van der Waals surface area contributed by atoms with Gasteiger partial charge < -0.3 is 15.2 Å². The topological polar surface area (TPSA) is 58.6 Å². The second kappa shape index (κ2) is 6.53. The first-order valence-electron chi connectivity index (χ1n) is 5.45. The summed E-state index contributed by atoms with van der Waals surface area (Å²) in [7, 11) is 1.49. The minimum Gasteiger partial charge on any atom is -0.382 e. The molecule has 0 bridgehead atoms. The van der Waals surface area contributed by atoms with Crippen molar-refractivity contribution in [1.29, 1.82) is 0 Å². The second-order valence-corrected chi connectivity index (χ2v) is 3.90. The molecule has 0 heterocycles. The Hall–Kier alpha value is -1.60. The molecule has 1 aromatic carbocycles. The van der Waals surface area contributed by atoms with Gasteiger partial charge in [-0.15, -0.1) is 0 Å². The Bertz CT molecular complexity index is 434. The van der Waals surface area contributed by atoms with Crippen molar-refractivity contribution in [2.45, 2.75) is 18.9 Å². The monoisotopic (exact) mass is 277 g/mol. The van der Waals surface area contributed by atoms with Crippen LogP contribution in [0.25, 0.3) is 0 Å². The lowest BCUT2D eigenvalue weighted by Crippen LogP contribution is -2.40. The Balaban J connectivity index is 2.61. The van der Waals surface area contributed by atoms with Crippen molar-refractivity contribution in [2.75, 3.05) is 13.7 Å². The number of aliphatic hydroxyl groups is 1. The van der Waals surface area contributed by atoms with Crippen LogP contribution in [0.5, 0.6) is 0 Å². The van der Waals surface area contributed by atoms with Crippen molar-refractivity contribution in [1.82, 2.24) is 5.32 Å². The molecule has 1 rings (SSSR count). The standard InChI is InChI=1S/C12H14F3NO3/c1-19-7-8-3-2-4-9(5-8)11(18)16-6-10(17)12(13,14)15/h2-5,10,17H,6-7H2,1H3,(H,16,18). The minimum atomic E-state index is -4.74. The molecule has 106 valence electrons. The number of nitrogens with one attached hydrogen (secondary N) is 1. The number of benzene rings is 1. The predicted octanol–water partition coefficient (Wildman–Crippen LogP) is 1.49. The number of carbonyl (C=O) groups is 1. The zero-order valence-corrected chi connectivity index (χ0v) is 10.2. The van der Waals surface area contributed by atoms with E-state index in [-0.39, 0.29) is 5.56 Å². The van der Waals surface area contributed by atoms with Gasteiger partial charge in [-0.25, -0.2) is 0 Å². The van der Waals surface area contributed by atoms with E-state index in [0.29, 0.717) is 6.61 Å². The van der Waals surface area contributed by atoms with Crippen LogP contribution in [0.1, 0.15) is 15.9 Å². The molecule has 4 nitrogen and oxygen atoms in total. The van der Waals surface area contributed by atoms with Crippen LogP contribution in [0.4, 0.5) is 13.2 Å². The Kier molecular flexibility index (Phi) is 5.31. The fourth-order valence-electron chi connectivity index (χ4n) is 1.38. The van der Waals surface area contributed by atoms with Crippen molar-refractivity contribution >= 4 is 5.91 Å². The molecule has 0 spiro atoms. The fraction of sp³-hybridized carbons (Fsp3) is 0.417. The molecule has 0 saturated heterocycles. The molecule has 0 aromatic heterocycles. The van der Waals surface area contributed by atoms with Gasteiger partial charge in [-0.2, -0.15) is 13.2 Å². The molecular weight excluding hydrogens is 263 g/mol. The minimum absolute atomic E-state index is 0.212. The van der Waals surface area contributed by atoms with Gasteiger partial charge in [0, 0.05) is 12.7 Å². The summed E-state index contributed by atoms with van der Waals surface area (Å²) in [5.41, 5.74) is 0.940. The van der Waals surface area contributed by atoms with Crippen molar-refractivity contribution in [3.8, 4) is 0 Å². The van der Waals surface area contributed by atoms with Crippen molar-refractivity contribution < 1.29 is 27.8 Å². The molecule has 1 aromatic rings. The zero-order valence-electron chi connectivity index (χ0n) is 10.2. The van der Waals surface area contributed by atoms with Crippen LogP contribution >= 0.6 is 0 Å². The maximum atomic E-state index is 12.0. The Labute approximate surface area is 108 Å². The van der Waals surface area contributed by atoms with Gasteiger partial charge in [0.25, 0.3) is 5.91 Å². The molecule has 0 fully saturated rings. The SMILES string of the molecule is COCc1cccc(C(=O)NCC(O)C(F)(F)F)c1. The summed E-state index contributed by atoms with van der Waals surface area (Å²) in [5.74, 6) is -0.679. The molecule has 7 heteroatoms. The second-order valence-electron chi connectivity index (χ2n) is 3.90. The number of carbonyl (C=O) groups excluding carboxylic acids is 1. The number of rotatable bonds is 5. The highest BCUT2D eigenvalue weighted by Gasteiger charge is 2.38. The third-order valence-electron chi connectivity index (χ3n) is 2.33. The van der Waals surface area contributed by atoms with Gasteiger partial charge in [0.05, 0.1) is 13.2 Å². The number of amides is 1. The maximum Gasteiger partial charge on any atom is 0.416 e. The smallest absolute Gasteiger partial charge is 0.382 e. The van der Waals surface area contributed by atoms with Crippen LogP contribution in [-0.4, -0.2) is 36.9 Å². The first-order chi connectivity index (χ1) is 8.84. The maximum absolute atomic E-state index is 12.0. The lowest BCUT2D eigenvalue weighted by atomic mass is 10.1. The third kappa shape index (κ3) is 4.88. The quantitative estimate of drug-likeness (QED) is 0.857. The van der Waals surface area contributed by atoms with Crippen molar-refractivity contribution in [3.05, 3.63) is 35.4 Å². The molecule has 2 N–H and O–H groups in total. The zero-order chi connectivity index (χ0) is 14.5. The first kappa shape index (κ1) is 15.5. The number of hydrogen-bond donors (Lipinski definition) is 2. The fourth-order valence-corrected chi connectivity index (χ4v) is 1.38. The first-order valence-corrected chi connectivity index (χ1v) is 5.45. The summed E-state index contributed by atoms with van der Waals surface area (Å²) in [5, 5.41) is 10.8. The van der Waals surface area contributed by atoms with Gasteiger partial charge in [-0.05, 0) is 17.7 Å². The van der Waals surface area contributed by atoms with E-state index in [1.165, 1.54) is 19.2 Å². The third-order valence-corrected chi connectivity index (χ3v) is 2.33. The van der Waals surface area contributed by atoms with E-state index >= 15 is 0 Å². The largest absolute Gasteiger partial charge is 0.416 e. The predicted molar refractivity (Wildman–Crippen MR) is 61.6 cm³/mol. The van der Waals surface area contributed by atoms with Crippen molar-refractivity contribution in [3.63, 3.8) is 0 Å². The van der Waals surface area contributed by atoms with E-state index in [4.69, 9.17) is 9.84 Å². The van der Waals surface area contributed by atoms with Gasteiger partial charge in [0.1, 0.15) is 0 Å². The molecule has 19 heavy (non-hydrogen) atoms. The van der Waals surface area contributed by atoms with E-state index in [1.54, 1.807) is 12.1 Å². The van der Waals surface area contributed by atoms with Crippen LogP contribution in [0.2, 0.25) is 0 Å². The summed E-state index contributed by atoms with van der Waals surface area (Å²) in [6.45, 7) is -0.580. The molecule has 1 atom stereocenters. The molecule has 1 amide bonds. The molecule has 0 saturated carbocycles. The summed E-state index contributed by atoms with van der Waals surface area (Å²) >= 11 is 0. The van der Waals surface area contributed by atoms with Crippen LogP contribution in [0.15, 0.2) is 24.3 Å². The van der Waals surface area contributed by atoms with E-state index in [9.17, 15) is 18.0 Å². The van der Waals surface area contributed by atoms with Crippen LogP contribution in [0, 0.1) is 0 Å². The van der Waals surface area contributed by atoms with Gasteiger partial charge >= 0.3 is 6.18 Å². The highest BCUT2D eigenvalue weighted by molar-refractivity contribution is 5.94. The lowest BCUT2D eigenvalue weighted by Gasteiger charge is -2.15. The summed E-state index contributed by atoms with van der Waals surface area (Å²) in [4.78, 5) is 11.6. The van der Waals surface area contributed by atoms with E-state index in [2.05, 4.69) is 0 Å². The Morgan fingerprint density at radius 1 is 1.47 bits per heavy atom. The number of alkyl halides is 3. The molecular formula is C12H14F3NO3. The van der Waals surface area contributed by atoms with Crippen LogP contribution < -0.4 is 5.32 Å². The van der Waals surface area contributed by atoms with E-state index in [0.717, 1.165) is 5.56 Å². The van der Waals surface area contributed by atoms with Gasteiger partial charge in [0.15, 0.2) is 6.10 Å². The van der Waals surface area contributed by atoms with Gasteiger partial charge in [-0.1, -0.05) is 12.1 Å². The van der Waals surface area contributed by atoms with Crippen LogP contribution in [0.3, 0.4) is 0 Å².